The summed E-state index contributed by atoms with van der Waals surface area (Å²) in [4.78, 5) is 17.3. The van der Waals surface area contributed by atoms with Crippen LogP contribution in [-0.2, 0) is 4.79 Å². The predicted octanol–water partition coefficient (Wildman–Crippen LogP) is 4.02. The largest absolute Gasteiger partial charge is 0.464 e. The Bertz CT molecular complexity index is 727. The van der Waals surface area contributed by atoms with Crippen molar-refractivity contribution in [1.29, 1.82) is 0 Å². The van der Waals surface area contributed by atoms with Crippen LogP contribution in [0.3, 0.4) is 0 Å². The van der Waals surface area contributed by atoms with Gasteiger partial charge in [0.1, 0.15) is 11.6 Å². The van der Waals surface area contributed by atoms with E-state index in [4.69, 9.17) is 9.73 Å². The van der Waals surface area contributed by atoms with Gasteiger partial charge in [-0.15, -0.1) is 0 Å². The second-order valence-electron chi connectivity index (χ2n) is 7.33. The summed E-state index contributed by atoms with van der Waals surface area (Å²) < 4.78 is 6.05. The van der Waals surface area contributed by atoms with Gasteiger partial charge in [0, 0.05) is 11.5 Å². The van der Waals surface area contributed by atoms with Gasteiger partial charge in [-0.1, -0.05) is 39.2 Å². The number of carbonyl (C=O) groups excluding carboxylic acids is 1. The highest BCUT2D eigenvalue weighted by atomic mass is 16.5. The Morgan fingerprint density at radius 1 is 1.21 bits per heavy atom. The summed E-state index contributed by atoms with van der Waals surface area (Å²) in [6, 6.07) is 6.20. The van der Waals surface area contributed by atoms with Crippen molar-refractivity contribution in [3.63, 3.8) is 0 Å². The van der Waals surface area contributed by atoms with Crippen molar-refractivity contribution in [3.8, 4) is 5.75 Å². The summed E-state index contributed by atoms with van der Waals surface area (Å²) in [5.41, 5.74) is 2.83. The van der Waals surface area contributed by atoms with Crippen molar-refractivity contribution in [2.75, 3.05) is 0 Å². The van der Waals surface area contributed by atoms with Gasteiger partial charge >= 0.3 is 0 Å². The van der Waals surface area contributed by atoms with Gasteiger partial charge in [0.05, 0.1) is 5.57 Å². The highest BCUT2D eigenvalue weighted by Crippen LogP contribution is 2.35. The molecule has 0 bridgehead atoms. The van der Waals surface area contributed by atoms with Crippen LogP contribution in [0.15, 0.2) is 28.8 Å². The second kappa shape index (κ2) is 6.08. The lowest BCUT2D eigenvalue weighted by Gasteiger charge is -2.32. The van der Waals surface area contributed by atoms with E-state index in [9.17, 15) is 4.79 Å². The maximum atomic E-state index is 12.6. The van der Waals surface area contributed by atoms with Crippen molar-refractivity contribution >= 4 is 17.8 Å². The van der Waals surface area contributed by atoms with Crippen molar-refractivity contribution in [2.45, 2.75) is 58.1 Å². The third-order valence-electron chi connectivity index (χ3n) is 5.27. The first-order valence-corrected chi connectivity index (χ1v) is 9.03. The number of benzene rings is 1. The van der Waals surface area contributed by atoms with Crippen LogP contribution in [0, 0.1) is 5.92 Å². The van der Waals surface area contributed by atoms with Crippen molar-refractivity contribution in [2.24, 2.45) is 10.9 Å². The molecule has 2 heterocycles. The molecule has 4 nitrogen and oxygen atoms in total. The highest BCUT2D eigenvalue weighted by molar-refractivity contribution is 6.12. The quantitative estimate of drug-likeness (QED) is 0.893. The van der Waals surface area contributed by atoms with Crippen LogP contribution in [0.2, 0.25) is 0 Å². The van der Waals surface area contributed by atoms with Crippen molar-refractivity contribution < 1.29 is 9.53 Å². The molecule has 1 N–H and O–H groups in total. The van der Waals surface area contributed by atoms with E-state index in [0.29, 0.717) is 17.4 Å². The van der Waals surface area contributed by atoms with Gasteiger partial charge in [-0.3, -0.25) is 4.79 Å². The number of hydrogen-bond donors (Lipinski definition) is 1. The van der Waals surface area contributed by atoms with E-state index in [1.807, 2.05) is 12.1 Å². The molecule has 1 aromatic rings. The van der Waals surface area contributed by atoms with Gasteiger partial charge in [0.25, 0.3) is 5.91 Å². The van der Waals surface area contributed by atoms with E-state index in [1.54, 1.807) is 0 Å². The number of amidine groups is 1. The minimum Gasteiger partial charge on any atom is -0.464 e. The van der Waals surface area contributed by atoms with Gasteiger partial charge in [-0.2, -0.15) is 0 Å². The maximum Gasteiger partial charge on any atom is 0.258 e. The lowest BCUT2D eigenvalue weighted by Crippen LogP contribution is -2.46. The number of fused-ring (bicyclic) bond motifs is 2. The van der Waals surface area contributed by atoms with Crippen LogP contribution in [0.25, 0.3) is 6.08 Å². The summed E-state index contributed by atoms with van der Waals surface area (Å²) in [5.74, 6) is 2.40. The Balaban J connectivity index is 1.65. The zero-order chi connectivity index (χ0) is 16.7. The molecule has 1 unspecified atom stereocenters. The molecule has 1 fully saturated rings. The second-order valence-corrected chi connectivity index (χ2v) is 7.33. The molecule has 1 saturated carbocycles. The normalized spacial score (nSPS) is 23.6. The summed E-state index contributed by atoms with van der Waals surface area (Å²) in [7, 11) is 0. The minimum atomic E-state index is -0.493. The molecule has 2 aliphatic heterocycles. The molecule has 1 atom stereocenters. The molecular weight excluding hydrogens is 300 g/mol. The van der Waals surface area contributed by atoms with Crippen LogP contribution < -0.4 is 10.1 Å². The molecule has 3 aliphatic rings. The van der Waals surface area contributed by atoms with Gasteiger partial charge in [-0.05, 0) is 42.5 Å². The zero-order valence-electron chi connectivity index (χ0n) is 14.3. The molecule has 1 aromatic carbocycles. The third-order valence-corrected chi connectivity index (χ3v) is 5.27. The van der Waals surface area contributed by atoms with Crippen LogP contribution in [0.5, 0.6) is 5.75 Å². The summed E-state index contributed by atoms with van der Waals surface area (Å²) in [6.45, 7) is 4.32. The lowest BCUT2D eigenvalue weighted by molar-refractivity contribution is -0.117. The molecule has 24 heavy (non-hydrogen) atoms. The monoisotopic (exact) mass is 324 g/mol. The van der Waals surface area contributed by atoms with Crippen LogP contribution in [0.4, 0.5) is 0 Å². The smallest absolute Gasteiger partial charge is 0.258 e. The fourth-order valence-corrected chi connectivity index (χ4v) is 3.77. The molecule has 0 spiro atoms. The zero-order valence-corrected chi connectivity index (χ0v) is 14.3. The minimum absolute atomic E-state index is 0.0591. The maximum absolute atomic E-state index is 12.6. The third kappa shape index (κ3) is 2.74. The number of carbonyl (C=O) groups is 1. The molecule has 126 valence electrons. The van der Waals surface area contributed by atoms with Crippen LogP contribution in [0.1, 0.15) is 63.0 Å². The topological polar surface area (TPSA) is 50.7 Å². The number of amides is 1. The number of ether oxygens (including phenoxy) is 1. The molecular formula is C20H24N2O2. The Morgan fingerprint density at radius 2 is 2.00 bits per heavy atom. The summed E-state index contributed by atoms with van der Waals surface area (Å²) >= 11 is 0. The molecule has 0 aromatic heterocycles. The summed E-state index contributed by atoms with van der Waals surface area (Å²) in [5, 5.41) is 3.02. The van der Waals surface area contributed by atoms with Crippen LogP contribution in [-0.4, -0.2) is 18.0 Å². The molecule has 1 aliphatic carbocycles. The Morgan fingerprint density at radius 3 is 2.75 bits per heavy atom. The first-order chi connectivity index (χ1) is 11.6. The van der Waals surface area contributed by atoms with E-state index >= 15 is 0 Å². The number of nitrogens with zero attached hydrogens (tertiary/aromatic N) is 1. The van der Waals surface area contributed by atoms with Gasteiger partial charge in [0.2, 0.25) is 6.23 Å². The standard InChI is InChI=1S/C20H24N2O2/c1-12(2)14-8-9-17-15(10-14)11-16-19(23)21-18(22-20(16)24-17)13-6-4-3-5-7-13/h8-13,20H,3-7H2,1-2H3,(H,21,22,23). The first kappa shape index (κ1) is 15.4. The average molecular weight is 324 g/mol. The fourth-order valence-electron chi connectivity index (χ4n) is 3.77. The van der Waals surface area contributed by atoms with Gasteiger partial charge in [-0.25, -0.2) is 4.99 Å². The number of aliphatic imine (C=N–C) groups is 1. The van der Waals surface area contributed by atoms with Gasteiger partial charge in [0.15, 0.2) is 0 Å². The van der Waals surface area contributed by atoms with Crippen LogP contribution >= 0.6 is 0 Å². The number of nitrogens with one attached hydrogen (secondary N) is 1. The van der Waals surface area contributed by atoms with Crippen molar-refractivity contribution in [3.05, 3.63) is 34.9 Å². The Labute approximate surface area is 143 Å². The highest BCUT2D eigenvalue weighted by Gasteiger charge is 2.34. The predicted molar refractivity (Wildman–Crippen MR) is 95.1 cm³/mol. The molecule has 4 rings (SSSR count). The Hall–Kier alpha value is -2.10. The molecule has 1 amide bonds. The summed E-state index contributed by atoms with van der Waals surface area (Å²) in [6.07, 6.45) is 7.38. The van der Waals surface area contributed by atoms with Gasteiger partial charge < -0.3 is 10.1 Å². The molecule has 0 saturated heterocycles. The fraction of sp³-hybridized carbons (Fsp3) is 0.500. The first-order valence-electron chi connectivity index (χ1n) is 9.03. The Kier molecular flexibility index (Phi) is 3.91. The number of rotatable bonds is 2. The van der Waals surface area contributed by atoms with E-state index in [-0.39, 0.29) is 5.91 Å². The van der Waals surface area contributed by atoms with E-state index in [1.165, 1.54) is 24.8 Å². The number of hydrogen-bond acceptors (Lipinski definition) is 3. The van der Waals surface area contributed by atoms with Crippen molar-refractivity contribution in [1.82, 2.24) is 5.32 Å². The molecule has 4 heteroatoms. The molecule has 0 radical (unpaired) electrons. The average Bonchev–Trinajstić information content (AvgIpc) is 2.60. The van der Waals surface area contributed by atoms with E-state index < -0.39 is 6.23 Å². The van der Waals surface area contributed by atoms with E-state index in [2.05, 4.69) is 31.3 Å². The SMILES string of the molecule is CC(C)c1ccc2c(c1)C=C1C(=O)NC(C3CCCCC3)=NC1O2. The lowest BCUT2D eigenvalue weighted by atomic mass is 9.87. The van der Waals surface area contributed by atoms with E-state index in [0.717, 1.165) is 30.0 Å².